The van der Waals surface area contributed by atoms with E-state index < -0.39 is 0 Å². The van der Waals surface area contributed by atoms with Gasteiger partial charge in [-0.1, -0.05) is 0 Å². The lowest BCUT2D eigenvalue weighted by molar-refractivity contribution is 0.285. The van der Waals surface area contributed by atoms with Gasteiger partial charge in [-0.25, -0.2) is 0 Å². The smallest absolute Gasteiger partial charge is 0.0592 e. The van der Waals surface area contributed by atoms with E-state index in [0.717, 1.165) is 23.5 Å². The average Bonchev–Trinajstić information content (AvgIpc) is 2.30. The van der Waals surface area contributed by atoms with E-state index in [1.54, 1.807) is 0 Å². The molecule has 1 aliphatic rings. The van der Waals surface area contributed by atoms with E-state index in [1.165, 1.54) is 25.1 Å². The Balaban J connectivity index is 1.93. The molecule has 0 spiro atoms. The number of rotatable bonds is 3. The van der Waals surface area contributed by atoms with Crippen LogP contribution in [0.25, 0.3) is 0 Å². The lowest BCUT2D eigenvalue weighted by Crippen LogP contribution is -2.37. The van der Waals surface area contributed by atoms with E-state index in [0.29, 0.717) is 0 Å². The van der Waals surface area contributed by atoms with Crippen molar-refractivity contribution in [3.05, 3.63) is 22.9 Å². The number of aromatic nitrogens is 1. The molecule has 0 unspecified atom stereocenters. The van der Waals surface area contributed by atoms with Gasteiger partial charge in [0.15, 0.2) is 0 Å². The molecule has 4 heteroatoms. The third-order valence-electron chi connectivity index (χ3n) is 3.33. The molecular weight excluding hydrogens is 278 g/mol. The molecule has 0 radical (unpaired) electrons. The van der Waals surface area contributed by atoms with Gasteiger partial charge in [0.05, 0.1) is 10.2 Å². The first kappa shape index (κ1) is 12.8. The van der Waals surface area contributed by atoms with Gasteiger partial charge in [-0.15, -0.1) is 0 Å². The molecule has 0 aromatic carbocycles. The largest absolute Gasteiger partial charge is 0.371 e. The van der Waals surface area contributed by atoms with Crippen molar-refractivity contribution < 1.29 is 0 Å². The molecule has 1 fully saturated rings. The summed E-state index contributed by atoms with van der Waals surface area (Å²) >= 11 is 3.57. The van der Waals surface area contributed by atoms with Crippen LogP contribution in [-0.4, -0.2) is 43.6 Å². The second-order valence-electron chi connectivity index (χ2n) is 5.02. The molecule has 17 heavy (non-hydrogen) atoms. The Kier molecular flexibility index (Phi) is 4.40. The van der Waals surface area contributed by atoms with Gasteiger partial charge in [0.1, 0.15) is 0 Å². The number of piperidine rings is 1. The van der Waals surface area contributed by atoms with E-state index in [-0.39, 0.29) is 0 Å². The predicted molar refractivity (Wildman–Crippen MR) is 75.4 cm³/mol. The van der Waals surface area contributed by atoms with Crippen LogP contribution in [0.2, 0.25) is 0 Å². The van der Waals surface area contributed by atoms with Crippen LogP contribution in [0.15, 0.2) is 22.9 Å². The number of hydrogen-bond acceptors (Lipinski definition) is 3. The maximum atomic E-state index is 4.11. The van der Waals surface area contributed by atoms with Gasteiger partial charge in [0, 0.05) is 32.0 Å². The Morgan fingerprint density at radius 3 is 2.71 bits per heavy atom. The first-order valence-electron chi connectivity index (χ1n) is 6.16. The van der Waals surface area contributed by atoms with Crippen molar-refractivity contribution in [1.29, 1.82) is 0 Å². The fourth-order valence-electron chi connectivity index (χ4n) is 2.50. The van der Waals surface area contributed by atoms with Gasteiger partial charge in [-0.3, -0.25) is 4.98 Å². The standard InChI is InChI=1S/C13H20BrN3/c1-16(2)10-11-4-7-17(8-5-11)13-3-6-15-9-12(13)14/h3,6,9,11H,4-5,7-8,10H2,1-2H3. The zero-order valence-corrected chi connectivity index (χ0v) is 12.2. The molecule has 0 N–H and O–H groups in total. The molecule has 0 atom stereocenters. The van der Waals surface area contributed by atoms with Crippen molar-refractivity contribution in [2.24, 2.45) is 5.92 Å². The van der Waals surface area contributed by atoms with Gasteiger partial charge < -0.3 is 9.80 Å². The molecule has 0 bridgehead atoms. The first-order valence-corrected chi connectivity index (χ1v) is 6.95. The molecule has 2 rings (SSSR count). The highest BCUT2D eigenvalue weighted by Gasteiger charge is 2.20. The molecular formula is C13H20BrN3. The summed E-state index contributed by atoms with van der Waals surface area (Å²) in [5.41, 5.74) is 1.28. The van der Waals surface area contributed by atoms with E-state index in [1.807, 2.05) is 12.4 Å². The Hall–Kier alpha value is -0.610. The Morgan fingerprint density at radius 2 is 2.12 bits per heavy atom. The van der Waals surface area contributed by atoms with Crippen LogP contribution >= 0.6 is 15.9 Å². The van der Waals surface area contributed by atoms with Crippen LogP contribution < -0.4 is 4.90 Å². The molecule has 2 heterocycles. The number of hydrogen-bond donors (Lipinski definition) is 0. The molecule has 0 aliphatic carbocycles. The van der Waals surface area contributed by atoms with Crippen LogP contribution in [0.4, 0.5) is 5.69 Å². The highest BCUT2D eigenvalue weighted by atomic mass is 79.9. The highest BCUT2D eigenvalue weighted by Crippen LogP contribution is 2.29. The van der Waals surface area contributed by atoms with Crippen LogP contribution in [-0.2, 0) is 0 Å². The summed E-state index contributed by atoms with van der Waals surface area (Å²) in [6.07, 6.45) is 6.31. The lowest BCUT2D eigenvalue weighted by Gasteiger charge is -2.35. The summed E-state index contributed by atoms with van der Waals surface area (Å²) in [5.74, 6) is 0.849. The minimum atomic E-state index is 0.849. The third-order valence-corrected chi connectivity index (χ3v) is 3.94. The summed E-state index contributed by atoms with van der Waals surface area (Å²) < 4.78 is 1.10. The SMILES string of the molecule is CN(C)CC1CCN(c2ccncc2Br)CC1. The van der Waals surface area contributed by atoms with Crippen molar-refractivity contribution in [3.63, 3.8) is 0 Å². The van der Waals surface area contributed by atoms with Gasteiger partial charge in [0.25, 0.3) is 0 Å². The van der Waals surface area contributed by atoms with Gasteiger partial charge in [0.2, 0.25) is 0 Å². The average molecular weight is 298 g/mol. The maximum Gasteiger partial charge on any atom is 0.0592 e. The van der Waals surface area contributed by atoms with Gasteiger partial charge >= 0.3 is 0 Å². The number of halogens is 1. The fraction of sp³-hybridized carbons (Fsp3) is 0.615. The monoisotopic (exact) mass is 297 g/mol. The zero-order valence-electron chi connectivity index (χ0n) is 10.6. The summed E-state index contributed by atoms with van der Waals surface area (Å²) in [5, 5.41) is 0. The normalized spacial score (nSPS) is 17.8. The van der Waals surface area contributed by atoms with E-state index >= 15 is 0 Å². The number of anilines is 1. The summed E-state index contributed by atoms with van der Waals surface area (Å²) in [6.45, 7) is 3.52. The van der Waals surface area contributed by atoms with Crippen molar-refractivity contribution in [2.75, 3.05) is 38.6 Å². The van der Waals surface area contributed by atoms with Gasteiger partial charge in [-0.2, -0.15) is 0 Å². The van der Waals surface area contributed by atoms with Crippen molar-refractivity contribution >= 4 is 21.6 Å². The van der Waals surface area contributed by atoms with Crippen LogP contribution in [0.3, 0.4) is 0 Å². The van der Waals surface area contributed by atoms with Crippen LogP contribution in [0.1, 0.15) is 12.8 Å². The maximum absolute atomic E-state index is 4.11. The summed E-state index contributed by atoms with van der Waals surface area (Å²) in [4.78, 5) is 8.86. The van der Waals surface area contributed by atoms with Crippen molar-refractivity contribution in [3.8, 4) is 0 Å². The molecule has 1 aromatic rings. The molecule has 0 saturated carbocycles. The molecule has 94 valence electrons. The Morgan fingerprint density at radius 1 is 1.41 bits per heavy atom. The molecule has 3 nitrogen and oxygen atoms in total. The minimum absolute atomic E-state index is 0.849. The minimum Gasteiger partial charge on any atom is -0.371 e. The van der Waals surface area contributed by atoms with Crippen molar-refractivity contribution in [1.82, 2.24) is 9.88 Å². The molecule has 0 amide bonds. The second-order valence-corrected chi connectivity index (χ2v) is 5.87. The van der Waals surface area contributed by atoms with Crippen molar-refractivity contribution in [2.45, 2.75) is 12.8 Å². The number of nitrogens with zero attached hydrogens (tertiary/aromatic N) is 3. The van der Waals surface area contributed by atoms with E-state index in [2.05, 4.69) is 50.9 Å². The fourth-order valence-corrected chi connectivity index (χ4v) is 3.00. The third kappa shape index (κ3) is 3.42. The Bertz CT molecular complexity index is 359. The van der Waals surface area contributed by atoms with E-state index in [4.69, 9.17) is 0 Å². The number of pyridine rings is 1. The second kappa shape index (κ2) is 5.83. The molecule has 1 aromatic heterocycles. The van der Waals surface area contributed by atoms with Crippen LogP contribution in [0, 0.1) is 5.92 Å². The topological polar surface area (TPSA) is 19.4 Å². The molecule has 1 saturated heterocycles. The molecule has 1 aliphatic heterocycles. The van der Waals surface area contributed by atoms with Crippen LogP contribution in [0.5, 0.6) is 0 Å². The quantitative estimate of drug-likeness (QED) is 0.855. The first-order chi connectivity index (χ1) is 8.16. The lowest BCUT2D eigenvalue weighted by atomic mass is 9.96. The van der Waals surface area contributed by atoms with E-state index in [9.17, 15) is 0 Å². The predicted octanol–water partition coefficient (Wildman–Crippen LogP) is 2.62. The van der Waals surface area contributed by atoms with Gasteiger partial charge in [-0.05, 0) is 54.9 Å². The highest BCUT2D eigenvalue weighted by molar-refractivity contribution is 9.10. The Labute approximate surface area is 112 Å². The zero-order chi connectivity index (χ0) is 12.3. The summed E-state index contributed by atoms with van der Waals surface area (Å²) in [6, 6.07) is 2.09. The summed E-state index contributed by atoms with van der Waals surface area (Å²) in [7, 11) is 4.32.